The van der Waals surface area contributed by atoms with E-state index in [0.717, 1.165) is 44.8 Å². The zero-order chi connectivity index (χ0) is 11.3. The Labute approximate surface area is 101 Å². The van der Waals surface area contributed by atoms with Gasteiger partial charge in [-0.05, 0) is 25.2 Å². The van der Waals surface area contributed by atoms with Gasteiger partial charge in [0, 0.05) is 42.9 Å². The molecule has 2 N–H and O–H groups in total. The molecule has 0 saturated carbocycles. The minimum atomic E-state index is 0.359. The molecule has 0 atom stereocenters. The van der Waals surface area contributed by atoms with Gasteiger partial charge >= 0.3 is 0 Å². The van der Waals surface area contributed by atoms with Crippen molar-refractivity contribution in [3.8, 4) is 0 Å². The van der Waals surface area contributed by atoms with Gasteiger partial charge in [-0.2, -0.15) is 16.9 Å². The van der Waals surface area contributed by atoms with Crippen LogP contribution in [-0.2, 0) is 11.3 Å². The number of nitrogens with zero attached hydrogens (tertiary/aromatic N) is 1. The van der Waals surface area contributed by atoms with E-state index in [9.17, 15) is 0 Å². The van der Waals surface area contributed by atoms with Gasteiger partial charge in [-0.25, -0.2) is 0 Å². The number of ether oxygens (including phenoxy) is 1. The van der Waals surface area contributed by atoms with Crippen LogP contribution in [0.4, 0.5) is 0 Å². The van der Waals surface area contributed by atoms with Crippen molar-refractivity contribution in [2.75, 3.05) is 26.0 Å². The van der Waals surface area contributed by atoms with Crippen molar-refractivity contribution in [3.05, 3.63) is 18.0 Å². The van der Waals surface area contributed by atoms with Crippen molar-refractivity contribution < 1.29 is 4.74 Å². The Bertz CT molecular complexity index is 296. The second-order valence-corrected chi connectivity index (χ2v) is 5.46. The fourth-order valence-corrected chi connectivity index (χ4v) is 2.83. The summed E-state index contributed by atoms with van der Waals surface area (Å²) in [5.41, 5.74) is 1.14. The van der Waals surface area contributed by atoms with Crippen molar-refractivity contribution in [3.63, 3.8) is 0 Å². The van der Waals surface area contributed by atoms with Crippen LogP contribution in [0.5, 0.6) is 0 Å². The second kappa shape index (κ2) is 5.70. The highest BCUT2D eigenvalue weighted by atomic mass is 32.2. The zero-order valence-electron chi connectivity index (χ0n) is 9.66. The molecular weight excluding hydrogens is 222 g/mol. The van der Waals surface area contributed by atoms with Gasteiger partial charge in [-0.3, -0.25) is 5.10 Å². The van der Waals surface area contributed by atoms with Gasteiger partial charge in [0.2, 0.25) is 0 Å². The number of hydrogen-bond donors (Lipinski definition) is 2. The lowest BCUT2D eigenvalue weighted by atomic mass is 9.99. The molecule has 0 spiro atoms. The summed E-state index contributed by atoms with van der Waals surface area (Å²) < 4.78 is 5.78. The maximum atomic E-state index is 5.42. The predicted octanol–water partition coefficient (Wildman–Crippen LogP) is 1.41. The summed E-state index contributed by atoms with van der Waals surface area (Å²) in [6, 6.07) is 2.00. The Kier molecular flexibility index (Phi) is 4.26. The van der Waals surface area contributed by atoms with Crippen LogP contribution < -0.4 is 5.32 Å². The minimum Gasteiger partial charge on any atom is -0.381 e. The largest absolute Gasteiger partial charge is 0.381 e. The number of aromatic nitrogens is 2. The first-order valence-corrected chi connectivity index (χ1v) is 6.89. The normalized spacial score (nSPS) is 19.8. The van der Waals surface area contributed by atoms with Crippen LogP contribution in [-0.4, -0.2) is 41.0 Å². The van der Waals surface area contributed by atoms with Gasteiger partial charge in [0.1, 0.15) is 0 Å². The Balaban J connectivity index is 1.78. The van der Waals surface area contributed by atoms with Crippen LogP contribution in [0, 0.1) is 0 Å². The molecule has 0 unspecified atom stereocenters. The van der Waals surface area contributed by atoms with Crippen LogP contribution >= 0.6 is 11.8 Å². The SMILES string of the molecule is CSC1(CNCc2ccn[nH]2)CCOCC1. The lowest BCUT2D eigenvalue weighted by Crippen LogP contribution is -2.42. The van der Waals surface area contributed by atoms with Crippen LogP contribution in [0.15, 0.2) is 12.3 Å². The summed E-state index contributed by atoms with van der Waals surface area (Å²) in [5.74, 6) is 0. The summed E-state index contributed by atoms with van der Waals surface area (Å²) in [6.45, 7) is 3.69. The molecule has 1 aromatic heterocycles. The molecule has 1 aliphatic rings. The number of rotatable bonds is 5. The quantitative estimate of drug-likeness (QED) is 0.818. The van der Waals surface area contributed by atoms with Crippen LogP contribution in [0.2, 0.25) is 0 Å². The molecule has 1 fully saturated rings. The molecule has 90 valence electrons. The van der Waals surface area contributed by atoms with Crippen LogP contribution in [0.3, 0.4) is 0 Å². The Morgan fingerprint density at radius 1 is 1.56 bits per heavy atom. The van der Waals surface area contributed by atoms with E-state index < -0.39 is 0 Å². The van der Waals surface area contributed by atoms with Gasteiger partial charge < -0.3 is 10.1 Å². The standard InChI is InChI=1S/C11H19N3OS/c1-16-11(3-6-15-7-4-11)9-12-8-10-2-5-13-14-10/h2,5,12H,3-4,6-9H2,1H3,(H,13,14). The van der Waals surface area contributed by atoms with Crippen molar-refractivity contribution in [2.24, 2.45) is 0 Å². The monoisotopic (exact) mass is 241 g/mol. The number of hydrogen-bond acceptors (Lipinski definition) is 4. The first-order chi connectivity index (χ1) is 7.85. The average Bonchev–Trinajstić information content (AvgIpc) is 2.83. The molecule has 4 nitrogen and oxygen atoms in total. The molecule has 2 heterocycles. The maximum Gasteiger partial charge on any atom is 0.0490 e. The zero-order valence-corrected chi connectivity index (χ0v) is 10.5. The third-order valence-electron chi connectivity index (χ3n) is 3.16. The summed E-state index contributed by atoms with van der Waals surface area (Å²) in [7, 11) is 0. The fraction of sp³-hybridized carbons (Fsp3) is 0.727. The average molecular weight is 241 g/mol. The highest BCUT2D eigenvalue weighted by molar-refractivity contribution is 8.00. The Hall–Kier alpha value is -0.520. The molecule has 5 heteroatoms. The molecule has 16 heavy (non-hydrogen) atoms. The molecule has 2 rings (SSSR count). The van der Waals surface area contributed by atoms with Crippen molar-refractivity contribution in [1.82, 2.24) is 15.5 Å². The van der Waals surface area contributed by atoms with E-state index in [1.165, 1.54) is 0 Å². The molecular formula is C11H19N3OS. The minimum absolute atomic E-state index is 0.359. The Morgan fingerprint density at radius 2 is 2.38 bits per heavy atom. The lowest BCUT2D eigenvalue weighted by molar-refractivity contribution is 0.0772. The molecule has 0 amide bonds. The van der Waals surface area contributed by atoms with Crippen molar-refractivity contribution in [1.29, 1.82) is 0 Å². The molecule has 0 aliphatic carbocycles. The van der Waals surface area contributed by atoms with E-state index in [4.69, 9.17) is 4.74 Å². The second-order valence-electron chi connectivity index (χ2n) is 4.18. The number of H-pyrrole nitrogens is 1. The van der Waals surface area contributed by atoms with E-state index in [1.54, 1.807) is 6.20 Å². The van der Waals surface area contributed by atoms with E-state index in [1.807, 2.05) is 17.8 Å². The number of thioether (sulfide) groups is 1. The smallest absolute Gasteiger partial charge is 0.0490 e. The third kappa shape index (κ3) is 2.99. The molecule has 1 saturated heterocycles. The number of nitrogens with one attached hydrogen (secondary N) is 2. The molecule has 1 aromatic rings. The van der Waals surface area contributed by atoms with Gasteiger partial charge in [0.05, 0.1) is 0 Å². The Morgan fingerprint density at radius 3 is 3.00 bits per heavy atom. The predicted molar refractivity (Wildman–Crippen MR) is 66.6 cm³/mol. The third-order valence-corrected chi connectivity index (χ3v) is 4.58. The van der Waals surface area contributed by atoms with E-state index in [0.29, 0.717) is 4.75 Å². The lowest BCUT2D eigenvalue weighted by Gasteiger charge is -2.35. The summed E-state index contributed by atoms with van der Waals surface area (Å²) >= 11 is 1.96. The first-order valence-electron chi connectivity index (χ1n) is 5.66. The molecule has 0 bridgehead atoms. The summed E-state index contributed by atoms with van der Waals surface area (Å²) in [4.78, 5) is 0. The molecule has 1 aliphatic heterocycles. The molecule has 0 radical (unpaired) electrons. The van der Waals surface area contributed by atoms with Gasteiger partial charge in [0.25, 0.3) is 0 Å². The summed E-state index contributed by atoms with van der Waals surface area (Å²) in [6.07, 6.45) is 6.27. The molecule has 0 aromatic carbocycles. The van der Waals surface area contributed by atoms with Crippen molar-refractivity contribution >= 4 is 11.8 Å². The van der Waals surface area contributed by atoms with E-state index in [-0.39, 0.29) is 0 Å². The fourth-order valence-electron chi connectivity index (χ4n) is 2.00. The number of aromatic amines is 1. The van der Waals surface area contributed by atoms with Crippen LogP contribution in [0.25, 0.3) is 0 Å². The van der Waals surface area contributed by atoms with E-state index >= 15 is 0 Å². The van der Waals surface area contributed by atoms with Gasteiger partial charge in [-0.1, -0.05) is 0 Å². The first kappa shape index (κ1) is 12.0. The van der Waals surface area contributed by atoms with E-state index in [2.05, 4.69) is 21.8 Å². The van der Waals surface area contributed by atoms with Gasteiger partial charge in [-0.15, -0.1) is 0 Å². The topological polar surface area (TPSA) is 49.9 Å². The highest BCUT2D eigenvalue weighted by Crippen LogP contribution is 2.32. The van der Waals surface area contributed by atoms with Crippen LogP contribution in [0.1, 0.15) is 18.5 Å². The van der Waals surface area contributed by atoms with Gasteiger partial charge in [0.15, 0.2) is 0 Å². The van der Waals surface area contributed by atoms with Crippen molar-refractivity contribution in [2.45, 2.75) is 24.1 Å². The maximum absolute atomic E-state index is 5.42. The highest BCUT2D eigenvalue weighted by Gasteiger charge is 2.31. The summed E-state index contributed by atoms with van der Waals surface area (Å²) in [5, 5.41) is 10.4.